The zero-order valence-corrected chi connectivity index (χ0v) is 18.8. The number of halogens is 1. The summed E-state index contributed by atoms with van der Waals surface area (Å²) in [6.07, 6.45) is -0.262. The lowest BCUT2D eigenvalue weighted by atomic mass is 9.51. The van der Waals surface area contributed by atoms with E-state index in [9.17, 15) is 39.6 Å². The molecule has 1 fully saturated rings. The molecule has 0 heterocycles. The van der Waals surface area contributed by atoms with Gasteiger partial charge in [0.15, 0.2) is 23.0 Å². The van der Waals surface area contributed by atoms with E-state index in [1.165, 1.54) is 32.0 Å². The molecule has 0 aromatic heterocycles. The summed E-state index contributed by atoms with van der Waals surface area (Å²) in [6, 6.07) is 1.19. The van der Waals surface area contributed by atoms with Crippen molar-refractivity contribution in [3.8, 4) is 5.75 Å². The number of rotatable bonds is 2. The Bertz CT molecular complexity index is 1170. The number of aliphatic hydroxyl groups excluding tert-OH is 1. The fraction of sp³-hybridized carbons (Fsp3) is 0.455. The van der Waals surface area contributed by atoms with Gasteiger partial charge in [-0.05, 0) is 39.6 Å². The number of fused-ring (bicyclic) bond motifs is 3. The number of hydrogen-bond acceptors (Lipinski definition) is 9. The summed E-state index contributed by atoms with van der Waals surface area (Å²) < 4.78 is 0. The van der Waals surface area contributed by atoms with Crippen LogP contribution in [0.3, 0.4) is 0 Å². The highest BCUT2D eigenvalue weighted by atomic mass is 35.5. The van der Waals surface area contributed by atoms with E-state index in [0.29, 0.717) is 0 Å². The van der Waals surface area contributed by atoms with Crippen LogP contribution in [0.1, 0.15) is 29.3 Å². The average Bonchev–Trinajstić information content (AvgIpc) is 2.69. The molecule has 0 saturated heterocycles. The largest absolute Gasteiger partial charge is 0.508 e. The van der Waals surface area contributed by atoms with E-state index in [4.69, 9.17) is 17.3 Å². The minimum atomic E-state index is -2.79. The Hall–Kier alpha value is -2.79. The number of carbonyl (C=O) groups excluding carboxylic acids is 4. The van der Waals surface area contributed by atoms with Crippen molar-refractivity contribution in [2.75, 3.05) is 14.1 Å². The van der Waals surface area contributed by atoms with Crippen molar-refractivity contribution in [3.63, 3.8) is 0 Å². The van der Waals surface area contributed by atoms with Crippen molar-refractivity contribution in [3.05, 3.63) is 39.6 Å². The molecule has 6 N–H and O–H groups in total. The predicted molar refractivity (Wildman–Crippen MR) is 113 cm³/mol. The van der Waals surface area contributed by atoms with Gasteiger partial charge < -0.3 is 26.2 Å². The Labute approximate surface area is 193 Å². The summed E-state index contributed by atoms with van der Waals surface area (Å²) in [5, 5.41) is 44.1. The van der Waals surface area contributed by atoms with E-state index >= 15 is 0 Å². The van der Waals surface area contributed by atoms with Gasteiger partial charge in [-0.15, -0.1) is 0 Å². The number of nitrogens with zero attached hydrogens (tertiary/aromatic N) is 1. The molecule has 3 aliphatic rings. The highest BCUT2D eigenvalue weighted by Gasteiger charge is 2.69. The number of phenols is 1. The maximum Gasteiger partial charge on any atom is 0.255 e. The number of likely N-dealkylation sites (N-methyl/N-ethyl adjacent to an activating group) is 1. The molecule has 0 unspecified atom stereocenters. The molecule has 0 bridgehead atoms. The van der Waals surface area contributed by atoms with Gasteiger partial charge in [0.1, 0.15) is 17.1 Å². The minimum Gasteiger partial charge on any atom is -0.508 e. The number of primary amides is 1. The quantitative estimate of drug-likeness (QED) is 0.284. The van der Waals surface area contributed by atoms with E-state index < -0.39 is 75.3 Å². The molecule has 3 aliphatic carbocycles. The van der Waals surface area contributed by atoms with Crippen LogP contribution < -0.4 is 5.73 Å². The standard InChI is InChI=1S/C22H23ClN2O8/c1-21(32)7-6-8-15(25(2)3)17(28)13(20(24)31)19(30)22(8,33)18(29)11(7)16(27)12-10(26)5-4-9(23)14(12)21/h4-5,7-8,11,15,26,30,32-33H,6H2,1-3H3,(H2,24,31)/t7-,8+,11+,15-,21-,22+/m0/s1. The molecule has 1 aromatic rings. The predicted octanol–water partition coefficient (Wildman–Crippen LogP) is -0.188. The molecule has 6 atom stereocenters. The van der Waals surface area contributed by atoms with Crippen molar-refractivity contribution in [2.24, 2.45) is 23.5 Å². The van der Waals surface area contributed by atoms with E-state index in [1.54, 1.807) is 0 Å². The van der Waals surface area contributed by atoms with E-state index in [2.05, 4.69) is 0 Å². The number of phenolic OH excluding ortho intramolecular Hbond substituents is 1. The lowest BCUT2D eigenvalue weighted by molar-refractivity contribution is -0.174. The second-order valence-corrected chi connectivity index (χ2v) is 9.65. The summed E-state index contributed by atoms with van der Waals surface area (Å²) in [5.74, 6) is -10.2. The zero-order valence-electron chi connectivity index (χ0n) is 18.0. The monoisotopic (exact) mass is 478 g/mol. The van der Waals surface area contributed by atoms with Gasteiger partial charge in [-0.25, -0.2) is 0 Å². The Kier molecular flexibility index (Phi) is 5.03. The summed E-state index contributed by atoms with van der Waals surface area (Å²) in [4.78, 5) is 53.5. The van der Waals surface area contributed by atoms with Crippen LogP contribution in [0.5, 0.6) is 5.75 Å². The topological polar surface area (TPSA) is 178 Å². The highest BCUT2D eigenvalue weighted by molar-refractivity contribution is 6.33. The Morgan fingerprint density at radius 1 is 1.12 bits per heavy atom. The SMILES string of the molecule is CN(C)[C@@H]1C(=O)C(C(N)=O)=C(O)[C@]2(O)C(=O)[C@H]3C(=O)c4c(O)ccc(Cl)c4[C@@](C)(O)[C@H]3C[C@H]12. The van der Waals surface area contributed by atoms with Crippen molar-refractivity contribution in [2.45, 2.75) is 30.6 Å². The molecule has 1 amide bonds. The third kappa shape index (κ3) is 2.78. The molecule has 0 radical (unpaired) electrons. The molecular formula is C22H23ClN2O8. The average molecular weight is 479 g/mol. The highest BCUT2D eigenvalue weighted by Crippen LogP contribution is 2.57. The number of amides is 1. The number of aliphatic hydroxyl groups is 3. The van der Waals surface area contributed by atoms with Gasteiger partial charge >= 0.3 is 0 Å². The number of ketones is 3. The Morgan fingerprint density at radius 3 is 2.27 bits per heavy atom. The number of Topliss-reactive ketones (excluding diaryl/α,β-unsaturated/α-hetero) is 3. The maximum absolute atomic E-state index is 13.7. The molecule has 1 saturated carbocycles. The van der Waals surface area contributed by atoms with Crippen LogP contribution in [0, 0.1) is 17.8 Å². The van der Waals surface area contributed by atoms with Crippen molar-refractivity contribution < 1.29 is 39.6 Å². The van der Waals surface area contributed by atoms with Crippen LogP contribution in [0.25, 0.3) is 0 Å². The number of hydrogen-bond donors (Lipinski definition) is 5. The minimum absolute atomic E-state index is 0.00415. The van der Waals surface area contributed by atoms with Crippen LogP contribution in [-0.2, 0) is 20.0 Å². The number of benzene rings is 1. The number of aromatic hydroxyl groups is 1. The first-order valence-electron chi connectivity index (χ1n) is 10.2. The summed E-state index contributed by atoms with van der Waals surface area (Å²) in [6.45, 7) is 1.33. The van der Waals surface area contributed by atoms with Gasteiger partial charge in [-0.3, -0.25) is 24.1 Å². The molecule has 176 valence electrons. The van der Waals surface area contributed by atoms with Crippen LogP contribution in [0.2, 0.25) is 5.02 Å². The Morgan fingerprint density at radius 2 is 1.73 bits per heavy atom. The molecule has 1 aromatic carbocycles. The van der Waals surface area contributed by atoms with Gasteiger partial charge in [0.25, 0.3) is 5.91 Å². The van der Waals surface area contributed by atoms with Crippen LogP contribution in [-0.4, -0.2) is 74.3 Å². The van der Waals surface area contributed by atoms with Crippen LogP contribution in [0.4, 0.5) is 0 Å². The molecule has 10 nitrogen and oxygen atoms in total. The van der Waals surface area contributed by atoms with Gasteiger partial charge in [0.05, 0.1) is 23.1 Å². The summed E-state index contributed by atoms with van der Waals surface area (Å²) >= 11 is 6.26. The van der Waals surface area contributed by atoms with E-state index in [1.807, 2.05) is 0 Å². The summed E-state index contributed by atoms with van der Waals surface area (Å²) in [7, 11) is 2.96. The van der Waals surface area contributed by atoms with E-state index in [0.717, 1.165) is 6.07 Å². The van der Waals surface area contributed by atoms with Gasteiger partial charge in [0, 0.05) is 22.4 Å². The zero-order chi connectivity index (χ0) is 24.8. The second-order valence-electron chi connectivity index (χ2n) is 9.25. The number of carbonyl (C=O) groups is 4. The molecular weight excluding hydrogens is 456 g/mol. The lowest BCUT2D eigenvalue weighted by Gasteiger charge is -2.54. The fourth-order valence-electron chi connectivity index (χ4n) is 5.81. The third-order valence-corrected chi connectivity index (χ3v) is 7.61. The molecule has 0 spiro atoms. The molecule has 11 heteroatoms. The first-order chi connectivity index (χ1) is 15.2. The first-order valence-corrected chi connectivity index (χ1v) is 10.6. The Balaban J connectivity index is 2.01. The van der Waals surface area contributed by atoms with Gasteiger partial charge in [-0.2, -0.15) is 0 Å². The van der Waals surface area contributed by atoms with Crippen molar-refractivity contribution in [1.82, 2.24) is 4.90 Å². The van der Waals surface area contributed by atoms with Gasteiger partial charge in [0.2, 0.25) is 0 Å². The third-order valence-electron chi connectivity index (χ3n) is 7.29. The van der Waals surface area contributed by atoms with Crippen molar-refractivity contribution >= 4 is 34.9 Å². The van der Waals surface area contributed by atoms with Crippen LogP contribution in [0.15, 0.2) is 23.5 Å². The fourth-order valence-corrected chi connectivity index (χ4v) is 6.16. The maximum atomic E-state index is 13.7. The van der Waals surface area contributed by atoms with Crippen LogP contribution >= 0.6 is 11.6 Å². The van der Waals surface area contributed by atoms with Crippen molar-refractivity contribution in [1.29, 1.82) is 0 Å². The number of nitrogens with two attached hydrogens (primary N) is 1. The smallest absolute Gasteiger partial charge is 0.255 e. The summed E-state index contributed by atoms with van der Waals surface area (Å²) in [5.41, 5.74) is -0.772. The normalized spacial score (nSPS) is 35.9. The molecule has 0 aliphatic heterocycles. The molecule has 33 heavy (non-hydrogen) atoms. The lowest BCUT2D eigenvalue weighted by Crippen LogP contribution is -2.69. The second kappa shape index (κ2) is 7.10. The first kappa shape index (κ1) is 23.4. The van der Waals surface area contributed by atoms with Gasteiger partial charge in [-0.1, -0.05) is 11.6 Å². The molecule has 4 rings (SSSR count). The van der Waals surface area contributed by atoms with E-state index in [-0.39, 0.29) is 22.6 Å².